The number of imidazole rings is 1. The van der Waals surface area contributed by atoms with Crippen molar-refractivity contribution in [3.63, 3.8) is 0 Å². The normalized spacial score (nSPS) is 16.0. The third kappa shape index (κ3) is 4.79. The summed E-state index contributed by atoms with van der Waals surface area (Å²) < 4.78 is 26.8. The number of halogens is 1. The number of methoxy groups -OCH3 is 1. The van der Waals surface area contributed by atoms with Crippen LogP contribution in [-0.2, 0) is 4.74 Å². The van der Waals surface area contributed by atoms with Gasteiger partial charge in [-0.1, -0.05) is 0 Å². The lowest BCUT2D eigenvalue weighted by Crippen LogP contribution is -2.49. The molecule has 0 spiro atoms. The molecule has 4 aromatic rings. The van der Waals surface area contributed by atoms with Gasteiger partial charge in [0.15, 0.2) is 11.5 Å². The third-order valence-electron chi connectivity index (χ3n) is 6.06. The molecule has 3 aromatic heterocycles. The molecular weight excluding hydrogens is 465 g/mol. The van der Waals surface area contributed by atoms with E-state index in [0.717, 1.165) is 30.7 Å². The molecule has 1 saturated heterocycles. The molecule has 4 heterocycles. The number of hydrogen-bond acceptors (Lipinski definition) is 8. The lowest BCUT2D eigenvalue weighted by Gasteiger charge is -2.34. The summed E-state index contributed by atoms with van der Waals surface area (Å²) in [4.78, 5) is 28.7. The van der Waals surface area contributed by atoms with Crippen LogP contribution >= 0.6 is 0 Å². The van der Waals surface area contributed by atoms with Crippen LogP contribution in [0.15, 0.2) is 36.8 Å². The Labute approximate surface area is 207 Å². The minimum Gasteiger partial charge on any atom is -0.461 e. The molecule has 36 heavy (non-hydrogen) atoms. The number of aromatic nitrogens is 4. The Morgan fingerprint density at radius 2 is 2.14 bits per heavy atom. The van der Waals surface area contributed by atoms with Crippen molar-refractivity contribution in [2.45, 2.75) is 19.9 Å². The van der Waals surface area contributed by atoms with Gasteiger partial charge in [-0.15, -0.1) is 0 Å². The quantitative estimate of drug-likeness (QED) is 0.379. The van der Waals surface area contributed by atoms with Crippen LogP contribution in [0.5, 0.6) is 6.01 Å². The fourth-order valence-corrected chi connectivity index (χ4v) is 4.43. The van der Waals surface area contributed by atoms with Crippen molar-refractivity contribution in [3.8, 4) is 6.01 Å². The highest BCUT2D eigenvalue weighted by Crippen LogP contribution is 2.30. The standard InChI is InChI=1S/C25H28FN7O3/c1-15-12-32(7-6-27-15)21-5-4-18(22-19(21)11-28-25(31-22)36-9-8-35-3)24(34)30-17-10-20(26)23-29-16(2)13-33(23)14-17/h4-5,10-11,13-15,27H,6-9,12H2,1-3H3,(H,30,34). The van der Waals surface area contributed by atoms with Crippen LogP contribution in [0.4, 0.5) is 15.8 Å². The van der Waals surface area contributed by atoms with E-state index in [1.54, 1.807) is 43.1 Å². The summed E-state index contributed by atoms with van der Waals surface area (Å²) >= 11 is 0. The van der Waals surface area contributed by atoms with Crippen molar-refractivity contribution in [3.05, 3.63) is 53.9 Å². The first-order valence-corrected chi connectivity index (χ1v) is 11.8. The average molecular weight is 494 g/mol. The molecule has 0 saturated carbocycles. The predicted molar refractivity (Wildman–Crippen MR) is 134 cm³/mol. The van der Waals surface area contributed by atoms with E-state index in [-0.39, 0.29) is 18.3 Å². The third-order valence-corrected chi connectivity index (χ3v) is 6.06. The van der Waals surface area contributed by atoms with Gasteiger partial charge in [-0.2, -0.15) is 4.98 Å². The molecule has 0 bridgehead atoms. The number of fused-ring (bicyclic) bond motifs is 2. The lowest BCUT2D eigenvalue weighted by molar-refractivity contribution is 0.102. The maximum Gasteiger partial charge on any atom is 0.317 e. The van der Waals surface area contributed by atoms with Crippen molar-refractivity contribution in [1.29, 1.82) is 0 Å². The maximum atomic E-state index is 14.6. The molecule has 1 amide bonds. The highest BCUT2D eigenvalue weighted by molar-refractivity contribution is 6.13. The van der Waals surface area contributed by atoms with E-state index >= 15 is 0 Å². The summed E-state index contributed by atoms with van der Waals surface area (Å²) in [6.45, 7) is 7.07. The SMILES string of the molecule is COCCOc1ncc2c(N3CCNC(C)C3)ccc(C(=O)Nc3cc(F)c4nc(C)cn4c3)c2n1. The second-order valence-electron chi connectivity index (χ2n) is 8.83. The summed E-state index contributed by atoms with van der Waals surface area (Å²) in [7, 11) is 1.58. The molecule has 1 atom stereocenters. The van der Waals surface area contributed by atoms with E-state index in [1.807, 2.05) is 6.07 Å². The molecule has 2 N–H and O–H groups in total. The second kappa shape index (κ2) is 10.0. The number of carbonyl (C=O) groups is 1. The van der Waals surface area contributed by atoms with Gasteiger partial charge in [0, 0.05) is 68.5 Å². The fraction of sp³-hybridized carbons (Fsp3) is 0.360. The number of rotatable bonds is 7. The number of hydrogen-bond donors (Lipinski definition) is 2. The number of nitrogens with one attached hydrogen (secondary N) is 2. The van der Waals surface area contributed by atoms with Crippen LogP contribution in [0.1, 0.15) is 23.0 Å². The maximum absolute atomic E-state index is 14.6. The smallest absolute Gasteiger partial charge is 0.317 e. The summed E-state index contributed by atoms with van der Waals surface area (Å²) in [5, 5.41) is 6.97. The highest BCUT2D eigenvalue weighted by atomic mass is 19.1. The van der Waals surface area contributed by atoms with Gasteiger partial charge in [0.05, 0.1) is 29.1 Å². The van der Waals surface area contributed by atoms with Gasteiger partial charge >= 0.3 is 6.01 Å². The van der Waals surface area contributed by atoms with E-state index in [1.165, 1.54) is 6.07 Å². The Balaban J connectivity index is 1.52. The molecule has 1 aromatic carbocycles. The van der Waals surface area contributed by atoms with E-state index in [9.17, 15) is 9.18 Å². The molecule has 11 heteroatoms. The number of carbonyl (C=O) groups excluding carboxylic acids is 1. The Bertz CT molecular complexity index is 1420. The number of anilines is 2. The average Bonchev–Trinajstić information content (AvgIpc) is 3.24. The fourth-order valence-electron chi connectivity index (χ4n) is 4.43. The van der Waals surface area contributed by atoms with E-state index < -0.39 is 11.7 Å². The van der Waals surface area contributed by atoms with Crippen molar-refractivity contribution in [2.75, 3.05) is 50.2 Å². The van der Waals surface area contributed by atoms with Crippen LogP contribution in [0.2, 0.25) is 0 Å². The number of amides is 1. The molecule has 0 radical (unpaired) electrons. The summed E-state index contributed by atoms with van der Waals surface area (Å²) in [6.07, 6.45) is 5.01. The monoisotopic (exact) mass is 493 g/mol. The number of piperazine rings is 1. The van der Waals surface area contributed by atoms with E-state index in [0.29, 0.717) is 35.1 Å². The topological polar surface area (TPSA) is 106 Å². The Hall–Kier alpha value is -3.83. The van der Waals surface area contributed by atoms with Crippen molar-refractivity contribution >= 4 is 33.8 Å². The van der Waals surface area contributed by atoms with Gasteiger partial charge in [-0.25, -0.2) is 14.4 Å². The molecular formula is C25H28FN7O3. The number of pyridine rings is 1. The van der Waals surface area contributed by atoms with Crippen LogP contribution in [0.3, 0.4) is 0 Å². The number of aryl methyl sites for hydroxylation is 1. The first-order chi connectivity index (χ1) is 17.4. The van der Waals surface area contributed by atoms with Crippen LogP contribution < -0.4 is 20.3 Å². The van der Waals surface area contributed by atoms with Crippen molar-refractivity contribution < 1.29 is 18.7 Å². The highest BCUT2D eigenvalue weighted by Gasteiger charge is 2.22. The van der Waals surface area contributed by atoms with Crippen LogP contribution in [-0.4, -0.2) is 71.3 Å². The van der Waals surface area contributed by atoms with Gasteiger partial charge < -0.3 is 29.4 Å². The molecule has 5 rings (SSSR count). The van der Waals surface area contributed by atoms with Crippen LogP contribution in [0.25, 0.3) is 16.6 Å². The lowest BCUT2D eigenvalue weighted by atomic mass is 10.1. The molecule has 1 unspecified atom stereocenters. The molecule has 1 aliphatic rings. The van der Waals surface area contributed by atoms with Crippen molar-refractivity contribution in [2.24, 2.45) is 0 Å². The largest absolute Gasteiger partial charge is 0.461 e. The van der Waals surface area contributed by atoms with Gasteiger partial charge in [0.25, 0.3) is 5.91 Å². The molecule has 188 valence electrons. The summed E-state index contributed by atoms with van der Waals surface area (Å²) in [5.74, 6) is -0.942. The zero-order valence-electron chi connectivity index (χ0n) is 20.4. The Morgan fingerprint density at radius 3 is 2.94 bits per heavy atom. The first-order valence-electron chi connectivity index (χ1n) is 11.8. The zero-order valence-corrected chi connectivity index (χ0v) is 20.4. The summed E-state index contributed by atoms with van der Waals surface area (Å²) in [6, 6.07) is 5.38. The Morgan fingerprint density at radius 1 is 1.28 bits per heavy atom. The minimum atomic E-state index is -0.523. The number of ether oxygens (including phenoxy) is 2. The van der Waals surface area contributed by atoms with Gasteiger partial charge in [-0.05, 0) is 26.0 Å². The zero-order chi connectivity index (χ0) is 25.2. The molecule has 1 fully saturated rings. The van der Waals surface area contributed by atoms with Crippen LogP contribution in [0, 0.1) is 12.7 Å². The molecule has 0 aliphatic carbocycles. The van der Waals surface area contributed by atoms with E-state index in [2.05, 4.69) is 37.4 Å². The summed E-state index contributed by atoms with van der Waals surface area (Å²) in [5.41, 5.74) is 2.92. The molecule has 1 aliphatic heterocycles. The second-order valence-corrected chi connectivity index (χ2v) is 8.83. The van der Waals surface area contributed by atoms with Gasteiger partial charge in [0.2, 0.25) is 0 Å². The van der Waals surface area contributed by atoms with E-state index in [4.69, 9.17) is 9.47 Å². The minimum absolute atomic E-state index is 0.154. The van der Waals surface area contributed by atoms with Gasteiger partial charge in [0.1, 0.15) is 6.61 Å². The van der Waals surface area contributed by atoms with Crippen molar-refractivity contribution in [1.82, 2.24) is 24.7 Å². The molecule has 10 nitrogen and oxygen atoms in total. The number of benzene rings is 1. The predicted octanol–water partition coefficient (Wildman–Crippen LogP) is 2.80. The Kier molecular flexibility index (Phi) is 6.66. The first kappa shape index (κ1) is 23.9. The number of nitrogens with zero attached hydrogens (tertiary/aromatic N) is 5. The van der Waals surface area contributed by atoms with Gasteiger partial charge in [-0.3, -0.25) is 4.79 Å².